The summed E-state index contributed by atoms with van der Waals surface area (Å²) in [6, 6.07) is 0.550. The van der Waals surface area contributed by atoms with Gasteiger partial charge in [-0.2, -0.15) is 5.06 Å². The van der Waals surface area contributed by atoms with Crippen LogP contribution in [0.25, 0.3) is 0 Å². The second-order valence-corrected chi connectivity index (χ2v) is 7.39. The molecule has 0 radical (unpaired) electrons. The Hall–Kier alpha value is -0.160. The molecule has 1 rings (SSSR count). The second kappa shape index (κ2) is 5.08. The molecule has 1 aliphatic heterocycles. The van der Waals surface area contributed by atoms with Crippen LogP contribution in [0.3, 0.4) is 0 Å². The van der Waals surface area contributed by atoms with E-state index in [2.05, 4.69) is 46.9 Å². The van der Waals surface area contributed by atoms with Gasteiger partial charge in [-0.3, -0.25) is 0 Å². The fourth-order valence-corrected chi connectivity index (χ4v) is 3.64. The molecule has 0 spiro atoms. The summed E-state index contributed by atoms with van der Waals surface area (Å²) in [4.78, 5) is 5.62. The number of quaternary nitrogens is 1. The smallest absolute Gasteiger partial charge is 0.102 e. The minimum atomic E-state index is 0.0200. The lowest BCUT2D eigenvalue weighted by molar-refractivity contribution is -0.918. The van der Waals surface area contributed by atoms with Gasteiger partial charge >= 0.3 is 0 Å². The maximum atomic E-state index is 9.24. The van der Waals surface area contributed by atoms with Crippen molar-refractivity contribution in [2.45, 2.75) is 57.7 Å². The fraction of sp³-hybridized carbons (Fsp3) is 1.00. The van der Waals surface area contributed by atoms with E-state index in [4.69, 9.17) is 4.84 Å². The summed E-state index contributed by atoms with van der Waals surface area (Å²) in [5.41, 5.74) is 0.0400. The number of hydrogen-bond acceptors (Lipinski definition) is 3. The molecule has 108 valence electrons. The van der Waals surface area contributed by atoms with Crippen molar-refractivity contribution in [2.24, 2.45) is 0 Å². The van der Waals surface area contributed by atoms with Crippen LogP contribution in [0, 0.1) is 0 Å². The molecule has 1 fully saturated rings. The highest BCUT2D eigenvalue weighted by Gasteiger charge is 2.50. The number of piperidine rings is 1. The Kier molecular flexibility index (Phi) is 4.49. The van der Waals surface area contributed by atoms with Crippen molar-refractivity contribution in [2.75, 3.05) is 34.4 Å². The van der Waals surface area contributed by atoms with Gasteiger partial charge in [-0.1, -0.05) is 0 Å². The van der Waals surface area contributed by atoms with Crippen LogP contribution in [-0.4, -0.2) is 66.1 Å². The van der Waals surface area contributed by atoms with Gasteiger partial charge in [0.15, 0.2) is 0 Å². The first kappa shape index (κ1) is 15.9. The first-order valence-electron chi connectivity index (χ1n) is 6.85. The minimum Gasteiger partial charge on any atom is -0.391 e. The van der Waals surface area contributed by atoms with E-state index < -0.39 is 0 Å². The van der Waals surface area contributed by atoms with Crippen molar-refractivity contribution in [3.05, 3.63) is 0 Å². The van der Waals surface area contributed by atoms with Crippen molar-refractivity contribution in [1.29, 1.82) is 0 Å². The monoisotopic (exact) mass is 259 g/mol. The van der Waals surface area contributed by atoms with Crippen molar-refractivity contribution < 1.29 is 14.4 Å². The molecule has 1 aliphatic rings. The van der Waals surface area contributed by atoms with E-state index >= 15 is 0 Å². The average Bonchev–Trinajstić information content (AvgIpc) is 2.14. The predicted molar refractivity (Wildman–Crippen MR) is 74.1 cm³/mol. The van der Waals surface area contributed by atoms with E-state index in [9.17, 15) is 5.11 Å². The Labute approximate surface area is 112 Å². The normalized spacial score (nSPS) is 25.3. The number of aliphatic hydroxyl groups is 1. The van der Waals surface area contributed by atoms with Gasteiger partial charge in [0.1, 0.15) is 6.54 Å². The molecule has 1 saturated heterocycles. The van der Waals surface area contributed by atoms with Gasteiger partial charge in [0.25, 0.3) is 0 Å². The third kappa shape index (κ3) is 3.05. The molecule has 4 heteroatoms. The molecule has 0 aromatic carbocycles. The molecule has 0 aliphatic carbocycles. The first-order chi connectivity index (χ1) is 8.07. The fourth-order valence-electron chi connectivity index (χ4n) is 3.64. The Bertz CT molecular complexity index is 270. The molecule has 1 heterocycles. The molecule has 0 atom stereocenters. The van der Waals surface area contributed by atoms with Crippen LogP contribution in [0.4, 0.5) is 0 Å². The lowest BCUT2D eigenvalue weighted by Gasteiger charge is -2.56. The van der Waals surface area contributed by atoms with Gasteiger partial charge in [-0.15, -0.1) is 0 Å². The molecule has 0 bridgehead atoms. The van der Waals surface area contributed by atoms with Crippen molar-refractivity contribution in [3.8, 4) is 0 Å². The van der Waals surface area contributed by atoms with E-state index in [0.29, 0.717) is 6.04 Å². The van der Waals surface area contributed by atoms with Gasteiger partial charge in [0.2, 0.25) is 0 Å². The topological polar surface area (TPSA) is 32.7 Å². The summed E-state index contributed by atoms with van der Waals surface area (Å²) in [5, 5.41) is 11.4. The summed E-state index contributed by atoms with van der Waals surface area (Å²) in [7, 11) is 6.20. The lowest BCUT2D eigenvalue weighted by Crippen LogP contribution is -2.66. The Morgan fingerprint density at radius 2 is 1.61 bits per heavy atom. The minimum absolute atomic E-state index is 0.0200. The first-order valence-corrected chi connectivity index (χ1v) is 6.85. The molecule has 1 N–H and O–H groups in total. The number of rotatable bonds is 4. The zero-order valence-corrected chi connectivity index (χ0v) is 13.2. The van der Waals surface area contributed by atoms with E-state index in [-0.39, 0.29) is 17.7 Å². The summed E-state index contributed by atoms with van der Waals surface area (Å²) in [5.74, 6) is 0. The van der Waals surface area contributed by atoms with Crippen LogP contribution < -0.4 is 0 Å². The third-order valence-corrected chi connectivity index (χ3v) is 4.42. The van der Waals surface area contributed by atoms with E-state index in [0.717, 1.165) is 23.9 Å². The van der Waals surface area contributed by atoms with E-state index in [1.54, 1.807) is 7.11 Å². The Morgan fingerprint density at radius 3 is 1.94 bits per heavy atom. The standard InChI is InChI=1S/C14H31N2O2/c1-13(2)10-12(16(5,6)8-9-17)11-14(3,4)15(13)18-7/h12,17H,8-11H2,1-7H3/q+1. The molecule has 0 saturated carbocycles. The molecule has 0 aromatic heterocycles. The van der Waals surface area contributed by atoms with Crippen LogP contribution >= 0.6 is 0 Å². The average molecular weight is 259 g/mol. The molecular formula is C14H31N2O2+. The summed E-state index contributed by atoms with van der Waals surface area (Å²) < 4.78 is 0.876. The highest BCUT2D eigenvalue weighted by molar-refractivity contribution is 4.97. The van der Waals surface area contributed by atoms with Crippen LogP contribution in [0.2, 0.25) is 0 Å². The molecule has 4 nitrogen and oxygen atoms in total. The number of likely N-dealkylation sites (N-methyl/N-ethyl adjacent to an activating group) is 1. The van der Waals surface area contributed by atoms with Crippen LogP contribution in [0.5, 0.6) is 0 Å². The molecule has 18 heavy (non-hydrogen) atoms. The number of hydroxylamine groups is 2. The van der Waals surface area contributed by atoms with Gasteiger partial charge in [0, 0.05) is 23.9 Å². The van der Waals surface area contributed by atoms with Crippen LogP contribution in [-0.2, 0) is 4.84 Å². The van der Waals surface area contributed by atoms with Crippen LogP contribution in [0.1, 0.15) is 40.5 Å². The van der Waals surface area contributed by atoms with Gasteiger partial charge in [0.05, 0.1) is 33.9 Å². The van der Waals surface area contributed by atoms with Gasteiger partial charge in [-0.05, 0) is 27.7 Å². The SMILES string of the molecule is CON1C(C)(C)CC([N+](C)(C)CCO)CC1(C)C. The highest BCUT2D eigenvalue weighted by Crippen LogP contribution is 2.41. The number of aliphatic hydroxyl groups excluding tert-OH is 1. The summed E-state index contributed by atoms with van der Waals surface area (Å²) >= 11 is 0. The third-order valence-electron chi connectivity index (χ3n) is 4.42. The number of hydrogen-bond donors (Lipinski definition) is 1. The summed E-state index contributed by atoms with van der Waals surface area (Å²) in [6.07, 6.45) is 2.16. The molecule has 0 amide bonds. The van der Waals surface area contributed by atoms with E-state index in [1.165, 1.54) is 0 Å². The summed E-state index contributed by atoms with van der Waals surface area (Å²) in [6.45, 7) is 10.0. The Morgan fingerprint density at radius 1 is 1.17 bits per heavy atom. The molecule has 0 aromatic rings. The maximum Gasteiger partial charge on any atom is 0.102 e. The van der Waals surface area contributed by atoms with E-state index in [1.807, 2.05) is 0 Å². The van der Waals surface area contributed by atoms with Crippen LogP contribution in [0.15, 0.2) is 0 Å². The Balaban J connectivity index is 2.96. The maximum absolute atomic E-state index is 9.24. The quantitative estimate of drug-likeness (QED) is 0.779. The lowest BCUT2D eigenvalue weighted by atomic mass is 9.77. The van der Waals surface area contributed by atoms with Gasteiger partial charge in [-0.25, -0.2) is 0 Å². The largest absolute Gasteiger partial charge is 0.391 e. The van der Waals surface area contributed by atoms with Crippen molar-refractivity contribution in [1.82, 2.24) is 5.06 Å². The molecular weight excluding hydrogens is 228 g/mol. The van der Waals surface area contributed by atoms with Crippen molar-refractivity contribution in [3.63, 3.8) is 0 Å². The van der Waals surface area contributed by atoms with Crippen molar-refractivity contribution >= 4 is 0 Å². The predicted octanol–water partition coefficient (Wildman–Crippen LogP) is 1.64. The zero-order chi connectivity index (χ0) is 14.2. The number of nitrogens with zero attached hydrogens (tertiary/aromatic N) is 2. The zero-order valence-electron chi connectivity index (χ0n) is 13.2. The second-order valence-electron chi connectivity index (χ2n) is 7.39. The van der Waals surface area contributed by atoms with Gasteiger partial charge < -0.3 is 14.4 Å². The molecule has 0 unspecified atom stereocenters. The highest BCUT2D eigenvalue weighted by atomic mass is 16.7.